The van der Waals surface area contributed by atoms with Crippen LogP contribution >= 0.6 is 11.3 Å². The van der Waals surface area contributed by atoms with Gasteiger partial charge in [-0.05, 0) is 13.0 Å². The molecule has 1 amide bonds. The van der Waals surface area contributed by atoms with E-state index in [-0.39, 0.29) is 5.91 Å². The van der Waals surface area contributed by atoms with Crippen LogP contribution in [-0.2, 0) is 0 Å². The maximum Gasteiger partial charge on any atom is 0.270 e. The van der Waals surface area contributed by atoms with E-state index in [1.165, 1.54) is 11.3 Å². The van der Waals surface area contributed by atoms with Gasteiger partial charge in [0.05, 0.1) is 22.6 Å². The van der Waals surface area contributed by atoms with Crippen LogP contribution < -0.4 is 4.90 Å². The summed E-state index contributed by atoms with van der Waals surface area (Å²) in [7, 11) is 0. The summed E-state index contributed by atoms with van der Waals surface area (Å²) in [6.07, 6.45) is 0.539. The molecule has 20 heavy (non-hydrogen) atoms. The number of hydrogen-bond acceptors (Lipinski definition) is 5. The highest BCUT2D eigenvalue weighted by Gasteiger charge is 2.28. The average Bonchev–Trinajstić information content (AvgIpc) is 2.91. The van der Waals surface area contributed by atoms with E-state index in [2.05, 4.69) is 10.1 Å². The minimum absolute atomic E-state index is 0.0468. The molecule has 6 heteroatoms. The molecule has 0 bridgehead atoms. The van der Waals surface area contributed by atoms with Crippen molar-refractivity contribution in [1.29, 1.82) is 0 Å². The van der Waals surface area contributed by atoms with Gasteiger partial charge in [-0.1, -0.05) is 23.4 Å². The Kier molecular flexibility index (Phi) is 3.23. The van der Waals surface area contributed by atoms with E-state index in [0.717, 1.165) is 16.9 Å². The molecule has 0 fully saturated rings. The number of fused-ring (bicyclic) bond motifs is 1. The van der Waals surface area contributed by atoms with Gasteiger partial charge < -0.3 is 10.1 Å². The zero-order valence-corrected chi connectivity index (χ0v) is 11.7. The Morgan fingerprint density at radius 2 is 2.25 bits per heavy atom. The van der Waals surface area contributed by atoms with Gasteiger partial charge in [0.25, 0.3) is 5.91 Å². The SMILES string of the molecule is Cc1ncsc1C(=O)N1CCC(=NO)c2ccccc21. The largest absolute Gasteiger partial charge is 0.411 e. The maximum atomic E-state index is 12.6. The first-order valence-corrected chi connectivity index (χ1v) is 7.12. The minimum Gasteiger partial charge on any atom is -0.411 e. The molecule has 0 atom stereocenters. The van der Waals surface area contributed by atoms with Crippen LogP contribution in [0.2, 0.25) is 0 Å². The molecule has 1 N–H and O–H groups in total. The second-order valence-electron chi connectivity index (χ2n) is 4.54. The second-order valence-corrected chi connectivity index (χ2v) is 5.39. The lowest BCUT2D eigenvalue weighted by Crippen LogP contribution is -2.37. The molecule has 0 spiro atoms. The number of para-hydroxylation sites is 1. The molecule has 1 aliphatic heterocycles. The number of carbonyl (C=O) groups excluding carboxylic acids is 1. The molecular formula is C14H13N3O2S. The quantitative estimate of drug-likeness (QED) is 0.648. The fraction of sp³-hybridized carbons (Fsp3) is 0.214. The van der Waals surface area contributed by atoms with Crippen molar-refractivity contribution in [3.05, 3.63) is 45.9 Å². The van der Waals surface area contributed by atoms with Crippen LogP contribution in [0.25, 0.3) is 0 Å². The van der Waals surface area contributed by atoms with Crippen molar-refractivity contribution < 1.29 is 10.0 Å². The molecule has 3 rings (SSSR count). The normalized spacial score (nSPS) is 16.2. The summed E-state index contributed by atoms with van der Waals surface area (Å²) >= 11 is 1.35. The van der Waals surface area contributed by atoms with Crippen LogP contribution in [0, 0.1) is 6.92 Å². The first kappa shape index (κ1) is 12.8. The Bertz CT molecular complexity index is 693. The van der Waals surface area contributed by atoms with E-state index in [4.69, 9.17) is 5.21 Å². The molecule has 0 radical (unpaired) electrons. The van der Waals surface area contributed by atoms with Crippen molar-refractivity contribution in [3.63, 3.8) is 0 Å². The molecule has 1 aliphatic rings. The van der Waals surface area contributed by atoms with Crippen LogP contribution in [0.15, 0.2) is 34.9 Å². The lowest BCUT2D eigenvalue weighted by molar-refractivity contribution is 0.0990. The van der Waals surface area contributed by atoms with Gasteiger partial charge in [-0.25, -0.2) is 4.98 Å². The summed E-state index contributed by atoms with van der Waals surface area (Å²) in [5, 5.41) is 12.4. The van der Waals surface area contributed by atoms with Gasteiger partial charge in [0.2, 0.25) is 0 Å². The van der Waals surface area contributed by atoms with Crippen LogP contribution in [0.3, 0.4) is 0 Å². The van der Waals surface area contributed by atoms with Crippen LogP contribution in [-0.4, -0.2) is 28.4 Å². The minimum atomic E-state index is -0.0468. The Morgan fingerprint density at radius 1 is 1.45 bits per heavy atom. The Morgan fingerprint density at radius 3 is 2.95 bits per heavy atom. The Hall–Kier alpha value is -2.21. The van der Waals surface area contributed by atoms with E-state index in [0.29, 0.717) is 23.6 Å². The van der Waals surface area contributed by atoms with Gasteiger partial charge in [0.1, 0.15) is 4.88 Å². The number of rotatable bonds is 1. The fourth-order valence-electron chi connectivity index (χ4n) is 2.37. The Labute approximate surface area is 120 Å². The van der Waals surface area contributed by atoms with Crippen LogP contribution in [0.4, 0.5) is 5.69 Å². The first-order chi connectivity index (χ1) is 9.72. The van der Waals surface area contributed by atoms with Crippen molar-refractivity contribution in [2.45, 2.75) is 13.3 Å². The summed E-state index contributed by atoms with van der Waals surface area (Å²) in [6, 6.07) is 7.48. The molecule has 0 unspecified atom stereocenters. The second kappa shape index (κ2) is 5.05. The molecule has 1 aromatic carbocycles. The van der Waals surface area contributed by atoms with Crippen molar-refractivity contribution in [1.82, 2.24) is 4.98 Å². The number of carbonyl (C=O) groups is 1. The summed E-state index contributed by atoms with van der Waals surface area (Å²) in [6.45, 7) is 2.34. The van der Waals surface area contributed by atoms with Crippen molar-refractivity contribution in [3.8, 4) is 0 Å². The van der Waals surface area contributed by atoms with E-state index >= 15 is 0 Å². The monoisotopic (exact) mass is 287 g/mol. The van der Waals surface area contributed by atoms with Gasteiger partial charge >= 0.3 is 0 Å². The molecule has 0 saturated heterocycles. The van der Waals surface area contributed by atoms with Crippen molar-refractivity contribution in [2.24, 2.45) is 5.16 Å². The standard InChI is InChI=1S/C14H13N3O2S/c1-9-13(20-8-15-9)14(18)17-7-6-11(16-19)10-4-2-3-5-12(10)17/h2-5,8,19H,6-7H2,1H3. The third-order valence-electron chi connectivity index (χ3n) is 3.38. The third-order valence-corrected chi connectivity index (χ3v) is 4.30. The van der Waals surface area contributed by atoms with E-state index in [1.54, 1.807) is 10.4 Å². The summed E-state index contributed by atoms with van der Waals surface area (Å²) in [5.74, 6) is -0.0468. The van der Waals surface area contributed by atoms with E-state index in [9.17, 15) is 4.79 Å². The maximum absolute atomic E-state index is 12.6. The van der Waals surface area contributed by atoms with Crippen LogP contribution in [0.5, 0.6) is 0 Å². The number of thiazole rings is 1. The zero-order valence-electron chi connectivity index (χ0n) is 10.9. The molecule has 5 nitrogen and oxygen atoms in total. The summed E-state index contributed by atoms with van der Waals surface area (Å²) in [5.41, 5.74) is 4.63. The Balaban J connectivity index is 2.04. The first-order valence-electron chi connectivity index (χ1n) is 6.24. The fourth-order valence-corrected chi connectivity index (χ4v) is 3.12. The number of oxime groups is 1. The number of benzene rings is 1. The number of anilines is 1. The molecule has 102 valence electrons. The molecule has 1 aromatic heterocycles. The van der Waals surface area contributed by atoms with Gasteiger partial charge in [0, 0.05) is 18.5 Å². The number of aryl methyl sites for hydroxylation is 1. The average molecular weight is 287 g/mol. The predicted molar refractivity (Wildman–Crippen MR) is 77.9 cm³/mol. The molecular weight excluding hydrogens is 274 g/mol. The van der Waals surface area contributed by atoms with Gasteiger partial charge in [-0.15, -0.1) is 11.3 Å². The lowest BCUT2D eigenvalue weighted by Gasteiger charge is -2.29. The molecule has 0 saturated carbocycles. The van der Waals surface area contributed by atoms with Gasteiger partial charge in [0.15, 0.2) is 0 Å². The zero-order chi connectivity index (χ0) is 14.1. The van der Waals surface area contributed by atoms with E-state index < -0.39 is 0 Å². The highest BCUT2D eigenvalue weighted by molar-refractivity contribution is 7.12. The van der Waals surface area contributed by atoms with E-state index in [1.807, 2.05) is 31.2 Å². The number of nitrogens with zero attached hydrogens (tertiary/aromatic N) is 3. The lowest BCUT2D eigenvalue weighted by atomic mass is 9.99. The highest BCUT2D eigenvalue weighted by atomic mass is 32.1. The van der Waals surface area contributed by atoms with Gasteiger partial charge in [-0.3, -0.25) is 4.79 Å². The number of amides is 1. The van der Waals surface area contributed by atoms with Crippen LogP contribution in [0.1, 0.15) is 27.3 Å². The number of aromatic nitrogens is 1. The summed E-state index contributed by atoms with van der Waals surface area (Å²) < 4.78 is 0. The highest BCUT2D eigenvalue weighted by Crippen LogP contribution is 2.29. The molecule has 2 aromatic rings. The molecule has 0 aliphatic carbocycles. The molecule has 2 heterocycles. The predicted octanol–water partition coefficient (Wildman–Crippen LogP) is 2.68. The smallest absolute Gasteiger partial charge is 0.270 e. The van der Waals surface area contributed by atoms with Crippen molar-refractivity contribution >= 4 is 28.6 Å². The number of hydrogen-bond donors (Lipinski definition) is 1. The topological polar surface area (TPSA) is 65.8 Å². The summed E-state index contributed by atoms with van der Waals surface area (Å²) in [4.78, 5) is 19.1. The third kappa shape index (κ3) is 1.98. The van der Waals surface area contributed by atoms with Crippen molar-refractivity contribution in [2.75, 3.05) is 11.4 Å². The van der Waals surface area contributed by atoms with Gasteiger partial charge in [-0.2, -0.15) is 0 Å².